The second kappa shape index (κ2) is 4.67. The van der Waals surface area contributed by atoms with Crippen LogP contribution >= 0.6 is 0 Å². The fraction of sp³-hybridized carbons (Fsp3) is 0.385. The fourth-order valence-corrected chi connectivity index (χ4v) is 1.99. The van der Waals surface area contributed by atoms with Gasteiger partial charge in [0.1, 0.15) is 0 Å². The van der Waals surface area contributed by atoms with E-state index >= 15 is 0 Å². The summed E-state index contributed by atoms with van der Waals surface area (Å²) in [7, 11) is 0. The molecule has 2 aromatic heterocycles. The molecule has 4 heteroatoms. The molecule has 0 atom stereocenters. The van der Waals surface area contributed by atoms with Crippen LogP contribution in [0.1, 0.15) is 28.1 Å². The smallest absolute Gasteiger partial charge is 0.0718 e. The van der Waals surface area contributed by atoms with Crippen molar-refractivity contribution < 1.29 is 5.11 Å². The first kappa shape index (κ1) is 11.8. The Bertz CT molecular complexity index is 531. The Labute approximate surface area is 101 Å². The number of hydrogen-bond acceptors (Lipinski definition) is 3. The Morgan fingerprint density at radius 2 is 2.00 bits per heavy atom. The van der Waals surface area contributed by atoms with Crippen molar-refractivity contribution in [2.24, 2.45) is 0 Å². The topological polar surface area (TPSA) is 50.9 Å². The number of aliphatic hydroxyl groups is 1. The van der Waals surface area contributed by atoms with Gasteiger partial charge in [-0.15, -0.1) is 0 Å². The van der Waals surface area contributed by atoms with Crippen molar-refractivity contribution in [3.63, 3.8) is 0 Å². The average Bonchev–Trinajstić information content (AvgIpc) is 2.54. The Morgan fingerprint density at radius 3 is 2.59 bits per heavy atom. The third-order valence-corrected chi connectivity index (χ3v) is 2.95. The van der Waals surface area contributed by atoms with Gasteiger partial charge in [0.25, 0.3) is 0 Å². The van der Waals surface area contributed by atoms with E-state index in [2.05, 4.69) is 16.1 Å². The number of aliphatic hydroxyl groups excluding tert-OH is 1. The van der Waals surface area contributed by atoms with Crippen molar-refractivity contribution in [1.29, 1.82) is 0 Å². The van der Waals surface area contributed by atoms with Gasteiger partial charge < -0.3 is 5.11 Å². The summed E-state index contributed by atoms with van der Waals surface area (Å²) in [4.78, 5) is 4.17. The van der Waals surface area contributed by atoms with Crippen LogP contribution in [0.2, 0.25) is 0 Å². The Balaban J connectivity index is 2.30. The van der Waals surface area contributed by atoms with Crippen molar-refractivity contribution in [3.05, 3.63) is 46.5 Å². The first-order valence-corrected chi connectivity index (χ1v) is 5.66. The molecule has 4 nitrogen and oxygen atoms in total. The minimum Gasteiger partial charge on any atom is -0.392 e. The van der Waals surface area contributed by atoms with Crippen molar-refractivity contribution in [3.8, 4) is 0 Å². The van der Waals surface area contributed by atoms with Gasteiger partial charge in [0.15, 0.2) is 0 Å². The molecule has 90 valence electrons. The first-order valence-electron chi connectivity index (χ1n) is 5.66. The predicted molar refractivity (Wildman–Crippen MR) is 65.7 cm³/mol. The minimum atomic E-state index is 0.0454. The lowest BCUT2D eigenvalue weighted by atomic mass is 10.2. The molecule has 0 aliphatic rings. The molecule has 0 spiro atoms. The molecule has 0 radical (unpaired) electrons. The summed E-state index contributed by atoms with van der Waals surface area (Å²) in [5.41, 5.74) is 5.11. The second-order valence-corrected chi connectivity index (χ2v) is 4.34. The van der Waals surface area contributed by atoms with E-state index in [0.717, 1.165) is 28.1 Å². The van der Waals surface area contributed by atoms with Gasteiger partial charge in [-0.1, -0.05) is 6.07 Å². The van der Waals surface area contributed by atoms with E-state index in [0.29, 0.717) is 6.54 Å². The number of aryl methyl sites for hydroxylation is 2. The highest BCUT2D eigenvalue weighted by Gasteiger charge is 2.10. The van der Waals surface area contributed by atoms with Crippen LogP contribution < -0.4 is 0 Å². The lowest BCUT2D eigenvalue weighted by molar-refractivity contribution is 0.280. The van der Waals surface area contributed by atoms with Gasteiger partial charge in [-0.3, -0.25) is 9.67 Å². The third-order valence-electron chi connectivity index (χ3n) is 2.95. The monoisotopic (exact) mass is 231 g/mol. The van der Waals surface area contributed by atoms with Crippen LogP contribution in [0.25, 0.3) is 0 Å². The number of nitrogens with zero attached hydrogens (tertiary/aromatic N) is 3. The van der Waals surface area contributed by atoms with Gasteiger partial charge in [0.2, 0.25) is 0 Å². The van der Waals surface area contributed by atoms with E-state index in [1.54, 1.807) is 0 Å². The number of aromatic nitrogens is 3. The van der Waals surface area contributed by atoms with E-state index in [1.165, 1.54) is 0 Å². The maximum Gasteiger partial charge on any atom is 0.0718 e. The van der Waals surface area contributed by atoms with Crippen LogP contribution in [0.4, 0.5) is 0 Å². The number of hydrogen-bond donors (Lipinski definition) is 1. The molecule has 0 saturated carbocycles. The highest BCUT2D eigenvalue weighted by atomic mass is 16.3. The molecule has 0 saturated heterocycles. The van der Waals surface area contributed by atoms with Crippen LogP contribution in [0, 0.1) is 20.8 Å². The zero-order chi connectivity index (χ0) is 12.4. The van der Waals surface area contributed by atoms with Crippen molar-refractivity contribution in [1.82, 2.24) is 14.8 Å². The van der Waals surface area contributed by atoms with Gasteiger partial charge in [0.05, 0.1) is 18.8 Å². The van der Waals surface area contributed by atoms with Crippen molar-refractivity contribution in [2.45, 2.75) is 33.9 Å². The lowest BCUT2D eigenvalue weighted by Gasteiger charge is -2.05. The predicted octanol–water partition coefficient (Wildman–Crippen LogP) is 1.74. The molecule has 2 rings (SSSR count). The van der Waals surface area contributed by atoms with Crippen LogP contribution in [0.15, 0.2) is 18.5 Å². The zero-order valence-corrected chi connectivity index (χ0v) is 10.4. The van der Waals surface area contributed by atoms with Crippen LogP contribution in [0.5, 0.6) is 0 Å². The summed E-state index contributed by atoms with van der Waals surface area (Å²) in [6.07, 6.45) is 3.69. The summed E-state index contributed by atoms with van der Waals surface area (Å²) < 4.78 is 1.91. The number of pyridine rings is 1. The molecule has 0 amide bonds. The highest BCUT2D eigenvalue weighted by molar-refractivity contribution is 5.25. The van der Waals surface area contributed by atoms with Crippen molar-refractivity contribution in [2.75, 3.05) is 0 Å². The summed E-state index contributed by atoms with van der Waals surface area (Å²) >= 11 is 0. The molecular formula is C13H17N3O. The molecule has 0 aromatic carbocycles. The quantitative estimate of drug-likeness (QED) is 0.875. The first-order chi connectivity index (χ1) is 8.11. The van der Waals surface area contributed by atoms with E-state index in [9.17, 15) is 5.11 Å². The van der Waals surface area contributed by atoms with Gasteiger partial charge in [-0.05, 0) is 31.9 Å². The Morgan fingerprint density at radius 1 is 1.24 bits per heavy atom. The second-order valence-electron chi connectivity index (χ2n) is 4.34. The molecule has 2 aromatic rings. The SMILES string of the molecule is Cc1cncc(Cn2nc(C)c(CO)c2C)c1. The molecule has 0 aliphatic carbocycles. The van der Waals surface area contributed by atoms with Crippen LogP contribution in [-0.4, -0.2) is 19.9 Å². The Hall–Kier alpha value is -1.68. The van der Waals surface area contributed by atoms with Crippen LogP contribution in [0.3, 0.4) is 0 Å². The van der Waals surface area contributed by atoms with E-state index < -0.39 is 0 Å². The van der Waals surface area contributed by atoms with E-state index in [1.807, 2.05) is 37.8 Å². The number of rotatable bonds is 3. The summed E-state index contributed by atoms with van der Waals surface area (Å²) in [6, 6.07) is 2.10. The maximum atomic E-state index is 9.26. The van der Waals surface area contributed by atoms with Gasteiger partial charge in [-0.2, -0.15) is 5.10 Å². The minimum absolute atomic E-state index is 0.0454. The summed E-state index contributed by atoms with van der Waals surface area (Å²) in [5, 5.41) is 13.7. The molecule has 0 bridgehead atoms. The highest BCUT2D eigenvalue weighted by Crippen LogP contribution is 2.14. The molecule has 0 unspecified atom stereocenters. The average molecular weight is 231 g/mol. The standard InChI is InChI=1S/C13H17N3O/c1-9-4-12(6-14-5-9)7-16-11(3)13(8-17)10(2)15-16/h4-6,17H,7-8H2,1-3H3. The normalized spacial score (nSPS) is 10.8. The molecule has 1 N–H and O–H groups in total. The third kappa shape index (κ3) is 2.36. The molecule has 0 fully saturated rings. The lowest BCUT2D eigenvalue weighted by Crippen LogP contribution is -2.05. The summed E-state index contributed by atoms with van der Waals surface area (Å²) in [5.74, 6) is 0. The molecular weight excluding hydrogens is 214 g/mol. The molecule has 0 aliphatic heterocycles. The summed E-state index contributed by atoms with van der Waals surface area (Å²) in [6.45, 7) is 6.67. The maximum absolute atomic E-state index is 9.26. The van der Waals surface area contributed by atoms with Gasteiger partial charge >= 0.3 is 0 Å². The van der Waals surface area contributed by atoms with Gasteiger partial charge in [-0.25, -0.2) is 0 Å². The van der Waals surface area contributed by atoms with Gasteiger partial charge in [0, 0.05) is 23.7 Å². The molecule has 17 heavy (non-hydrogen) atoms. The zero-order valence-electron chi connectivity index (χ0n) is 10.4. The largest absolute Gasteiger partial charge is 0.392 e. The van der Waals surface area contributed by atoms with E-state index in [-0.39, 0.29) is 6.61 Å². The van der Waals surface area contributed by atoms with Crippen LogP contribution in [-0.2, 0) is 13.2 Å². The Kier molecular flexibility index (Phi) is 3.24. The fourth-order valence-electron chi connectivity index (χ4n) is 1.99. The molecule has 2 heterocycles. The van der Waals surface area contributed by atoms with Crippen molar-refractivity contribution >= 4 is 0 Å². The van der Waals surface area contributed by atoms with E-state index in [4.69, 9.17) is 0 Å².